The average molecular weight is 271 g/mol. The number of rotatable bonds is 4. The first kappa shape index (κ1) is 13.2. The van der Waals surface area contributed by atoms with Crippen molar-refractivity contribution >= 4 is 16.8 Å². The SMILES string of the molecule is CN(C)C1(CNC(=O)c2cccc3cc[nH]c23)CCC1. The molecular weight excluding hydrogens is 250 g/mol. The summed E-state index contributed by atoms with van der Waals surface area (Å²) in [4.78, 5) is 17.8. The zero-order valence-electron chi connectivity index (χ0n) is 12.1. The van der Waals surface area contributed by atoms with E-state index in [1.165, 1.54) is 6.42 Å². The highest BCUT2D eigenvalue weighted by atomic mass is 16.1. The fraction of sp³-hybridized carbons (Fsp3) is 0.438. The van der Waals surface area contributed by atoms with Gasteiger partial charge in [-0.15, -0.1) is 0 Å². The van der Waals surface area contributed by atoms with Crippen LogP contribution >= 0.6 is 0 Å². The van der Waals surface area contributed by atoms with Crippen LogP contribution in [0.2, 0.25) is 0 Å². The van der Waals surface area contributed by atoms with Crippen LogP contribution in [0, 0.1) is 0 Å². The lowest BCUT2D eigenvalue weighted by atomic mass is 9.75. The maximum absolute atomic E-state index is 12.4. The Balaban J connectivity index is 1.75. The van der Waals surface area contributed by atoms with E-state index in [0.29, 0.717) is 0 Å². The van der Waals surface area contributed by atoms with E-state index in [4.69, 9.17) is 0 Å². The van der Waals surface area contributed by atoms with Crippen molar-refractivity contribution < 1.29 is 4.79 Å². The van der Waals surface area contributed by atoms with E-state index in [9.17, 15) is 4.79 Å². The molecule has 1 saturated carbocycles. The van der Waals surface area contributed by atoms with E-state index in [-0.39, 0.29) is 11.4 Å². The number of fused-ring (bicyclic) bond motifs is 1. The van der Waals surface area contributed by atoms with Gasteiger partial charge in [-0.05, 0) is 45.5 Å². The molecule has 3 rings (SSSR count). The second-order valence-corrected chi connectivity index (χ2v) is 5.90. The number of hydrogen-bond donors (Lipinski definition) is 2. The van der Waals surface area contributed by atoms with Gasteiger partial charge in [-0.1, -0.05) is 12.1 Å². The van der Waals surface area contributed by atoms with E-state index in [1.807, 2.05) is 30.5 Å². The van der Waals surface area contributed by atoms with Crippen molar-refractivity contribution in [3.8, 4) is 0 Å². The number of H-pyrrole nitrogens is 1. The Hall–Kier alpha value is -1.81. The van der Waals surface area contributed by atoms with Gasteiger partial charge in [0, 0.05) is 23.7 Å². The number of carbonyl (C=O) groups excluding carboxylic acids is 1. The van der Waals surface area contributed by atoms with Gasteiger partial charge >= 0.3 is 0 Å². The van der Waals surface area contributed by atoms with E-state index in [2.05, 4.69) is 29.3 Å². The second kappa shape index (κ2) is 4.94. The summed E-state index contributed by atoms with van der Waals surface area (Å²) in [5.41, 5.74) is 1.79. The summed E-state index contributed by atoms with van der Waals surface area (Å²) < 4.78 is 0. The van der Waals surface area contributed by atoms with Crippen molar-refractivity contribution in [3.63, 3.8) is 0 Å². The predicted octanol–water partition coefficient (Wildman–Crippen LogP) is 2.38. The van der Waals surface area contributed by atoms with Crippen LogP contribution in [0.25, 0.3) is 10.9 Å². The molecule has 0 spiro atoms. The second-order valence-electron chi connectivity index (χ2n) is 5.90. The van der Waals surface area contributed by atoms with Crippen molar-refractivity contribution in [2.45, 2.75) is 24.8 Å². The number of aromatic nitrogens is 1. The maximum Gasteiger partial charge on any atom is 0.253 e. The molecule has 2 N–H and O–H groups in total. The highest BCUT2D eigenvalue weighted by molar-refractivity contribution is 6.05. The third-order valence-electron chi connectivity index (χ3n) is 4.64. The van der Waals surface area contributed by atoms with Gasteiger partial charge in [0.1, 0.15) is 0 Å². The lowest BCUT2D eigenvalue weighted by molar-refractivity contribution is 0.0558. The smallest absolute Gasteiger partial charge is 0.253 e. The molecule has 0 aliphatic heterocycles. The molecule has 2 aromatic rings. The van der Waals surface area contributed by atoms with Gasteiger partial charge in [0.2, 0.25) is 0 Å². The molecule has 106 valence electrons. The van der Waals surface area contributed by atoms with E-state index in [1.54, 1.807) is 0 Å². The topological polar surface area (TPSA) is 48.1 Å². The summed E-state index contributed by atoms with van der Waals surface area (Å²) in [6.45, 7) is 0.718. The quantitative estimate of drug-likeness (QED) is 0.897. The van der Waals surface area contributed by atoms with Crippen LogP contribution in [0.4, 0.5) is 0 Å². The van der Waals surface area contributed by atoms with Crippen LogP contribution in [0.1, 0.15) is 29.6 Å². The minimum atomic E-state index is 0.00572. The Morgan fingerprint density at radius 1 is 1.35 bits per heavy atom. The summed E-state index contributed by atoms with van der Waals surface area (Å²) in [7, 11) is 4.19. The van der Waals surface area contributed by atoms with Gasteiger partial charge in [-0.3, -0.25) is 4.79 Å². The van der Waals surface area contributed by atoms with Gasteiger partial charge in [0.05, 0.1) is 11.1 Å². The minimum Gasteiger partial charge on any atom is -0.361 e. The van der Waals surface area contributed by atoms with E-state index in [0.717, 1.165) is 35.9 Å². The number of nitrogens with zero attached hydrogens (tertiary/aromatic N) is 1. The zero-order valence-corrected chi connectivity index (χ0v) is 12.1. The van der Waals surface area contributed by atoms with Gasteiger partial charge in [-0.2, -0.15) is 0 Å². The third kappa shape index (κ3) is 2.10. The summed E-state index contributed by atoms with van der Waals surface area (Å²) in [5.74, 6) is 0.00572. The summed E-state index contributed by atoms with van der Waals surface area (Å²) >= 11 is 0. The fourth-order valence-corrected chi connectivity index (χ4v) is 2.98. The monoisotopic (exact) mass is 271 g/mol. The number of hydrogen-bond acceptors (Lipinski definition) is 2. The Labute approximate surface area is 119 Å². The predicted molar refractivity (Wildman–Crippen MR) is 80.9 cm³/mol. The molecule has 1 fully saturated rings. The van der Waals surface area contributed by atoms with Gasteiger partial charge in [0.15, 0.2) is 0 Å². The highest BCUT2D eigenvalue weighted by Gasteiger charge is 2.39. The molecule has 4 heteroatoms. The molecular formula is C16H21N3O. The lowest BCUT2D eigenvalue weighted by Gasteiger charge is -2.47. The van der Waals surface area contributed by atoms with E-state index < -0.39 is 0 Å². The minimum absolute atomic E-state index is 0.00572. The molecule has 20 heavy (non-hydrogen) atoms. The number of likely N-dealkylation sites (N-methyl/N-ethyl adjacent to an activating group) is 1. The van der Waals surface area contributed by atoms with Crippen molar-refractivity contribution in [1.82, 2.24) is 15.2 Å². The highest BCUT2D eigenvalue weighted by Crippen LogP contribution is 2.35. The molecule has 4 nitrogen and oxygen atoms in total. The van der Waals surface area contributed by atoms with Crippen LogP contribution in [0.5, 0.6) is 0 Å². The summed E-state index contributed by atoms with van der Waals surface area (Å²) in [6.07, 6.45) is 5.44. The number of carbonyl (C=O) groups is 1. The van der Waals surface area contributed by atoms with Crippen molar-refractivity contribution in [2.24, 2.45) is 0 Å². The van der Waals surface area contributed by atoms with Crippen LogP contribution in [-0.4, -0.2) is 42.0 Å². The van der Waals surface area contributed by atoms with Crippen molar-refractivity contribution in [2.75, 3.05) is 20.6 Å². The zero-order chi connectivity index (χ0) is 14.2. The molecule has 0 atom stereocenters. The van der Waals surface area contributed by atoms with Crippen LogP contribution < -0.4 is 5.32 Å². The molecule has 0 bridgehead atoms. The largest absolute Gasteiger partial charge is 0.361 e. The number of aromatic amines is 1. The van der Waals surface area contributed by atoms with E-state index >= 15 is 0 Å². The Kier molecular flexibility index (Phi) is 3.26. The number of amides is 1. The number of nitrogens with one attached hydrogen (secondary N) is 2. The molecule has 1 aliphatic rings. The molecule has 1 aromatic carbocycles. The van der Waals surface area contributed by atoms with Gasteiger partial charge < -0.3 is 15.2 Å². The average Bonchev–Trinajstić information content (AvgIpc) is 2.84. The van der Waals surface area contributed by atoms with Gasteiger partial charge in [-0.25, -0.2) is 0 Å². The van der Waals surface area contributed by atoms with Crippen LogP contribution in [0.3, 0.4) is 0 Å². The molecule has 1 aliphatic carbocycles. The van der Waals surface area contributed by atoms with Gasteiger partial charge in [0.25, 0.3) is 5.91 Å². The first-order valence-corrected chi connectivity index (χ1v) is 7.14. The first-order chi connectivity index (χ1) is 9.62. The molecule has 1 amide bonds. The number of para-hydroxylation sites is 1. The molecule has 0 unspecified atom stereocenters. The maximum atomic E-state index is 12.4. The molecule has 0 radical (unpaired) electrons. The Bertz CT molecular complexity index is 625. The Morgan fingerprint density at radius 2 is 2.15 bits per heavy atom. The summed E-state index contributed by atoms with van der Waals surface area (Å²) in [6, 6.07) is 7.79. The van der Waals surface area contributed by atoms with Crippen LogP contribution in [0.15, 0.2) is 30.5 Å². The fourth-order valence-electron chi connectivity index (χ4n) is 2.98. The molecule has 1 aromatic heterocycles. The molecule has 0 saturated heterocycles. The standard InChI is InChI=1S/C16H21N3O/c1-19(2)16(8-4-9-16)11-18-15(20)13-6-3-5-12-7-10-17-14(12)13/h3,5-7,10,17H,4,8-9,11H2,1-2H3,(H,18,20). The summed E-state index contributed by atoms with van der Waals surface area (Å²) in [5, 5.41) is 4.18. The normalized spacial score (nSPS) is 17.1. The molecule has 1 heterocycles. The number of benzene rings is 1. The Morgan fingerprint density at radius 3 is 2.80 bits per heavy atom. The first-order valence-electron chi connectivity index (χ1n) is 7.14. The van der Waals surface area contributed by atoms with Crippen LogP contribution in [-0.2, 0) is 0 Å². The third-order valence-corrected chi connectivity index (χ3v) is 4.64. The lowest BCUT2D eigenvalue weighted by Crippen LogP contribution is -2.57. The van der Waals surface area contributed by atoms with Crippen molar-refractivity contribution in [1.29, 1.82) is 0 Å². The van der Waals surface area contributed by atoms with Crippen molar-refractivity contribution in [3.05, 3.63) is 36.0 Å².